The molecule has 2 aliphatic heterocycles. The van der Waals surface area contributed by atoms with Crippen LogP contribution in [-0.4, -0.2) is 50.2 Å². The van der Waals surface area contributed by atoms with E-state index >= 15 is 0 Å². The Kier molecular flexibility index (Phi) is 4.75. The van der Waals surface area contributed by atoms with E-state index in [-0.39, 0.29) is 23.9 Å². The van der Waals surface area contributed by atoms with E-state index < -0.39 is 0 Å². The Morgan fingerprint density at radius 1 is 1.37 bits per heavy atom. The molecule has 0 aromatic heterocycles. The van der Waals surface area contributed by atoms with E-state index in [0.717, 1.165) is 39.0 Å². The van der Waals surface area contributed by atoms with Gasteiger partial charge in [0.2, 0.25) is 5.91 Å². The number of nitrogens with one attached hydrogen (secondary N) is 1. The minimum Gasteiger partial charge on any atom is -0.380 e. The van der Waals surface area contributed by atoms with Gasteiger partial charge in [-0.15, -0.1) is 12.4 Å². The van der Waals surface area contributed by atoms with Gasteiger partial charge in [-0.1, -0.05) is 12.8 Å². The van der Waals surface area contributed by atoms with Crippen LogP contribution in [0.2, 0.25) is 0 Å². The fourth-order valence-electron chi connectivity index (χ4n) is 4.09. The van der Waals surface area contributed by atoms with E-state index in [2.05, 4.69) is 10.2 Å². The number of likely N-dealkylation sites (tertiary alicyclic amines) is 1. The van der Waals surface area contributed by atoms with Gasteiger partial charge in [0.05, 0.1) is 11.5 Å². The van der Waals surface area contributed by atoms with Crippen molar-refractivity contribution in [2.45, 2.75) is 38.2 Å². The summed E-state index contributed by atoms with van der Waals surface area (Å²) >= 11 is 0. The van der Waals surface area contributed by atoms with Gasteiger partial charge in [0.1, 0.15) is 0 Å². The molecule has 3 fully saturated rings. The number of amides is 1. The number of methoxy groups -OCH3 is 1. The zero-order valence-corrected chi connectivity index (χ0v) is 12.5. The molecule has 3 aliphatic rings. The molecule has 1 saturated carbocycles. The fourth-order valence-corrected chi connectivity index (χ4v) is 4.09. The molecule has 19 heavy (non-hydrogen) atoms. The molecule has 5 heteroatoms. The lowest BCUT2D eigenvalue weighted by Gasteiger charge is -2.39. The maximum absolute atomic E-state index is 12.9. The van der Waals surface area contributed by atoms with Crippen molar-refractivity contribution >= 4 is 18.3 Å². The number of hydrogen-bond acceptors (Lipinski definition) is 3. The Labute approximate surface area is 121 Å². The summed E-state index contributed by atoms with van der Waals surface area (Å²) < 4.78 is 5.38. The quantitative estimate of drug-likeness (QED) is 0.836. The topological polar surface area (TPSA) is 41.6 Å². The second kappa shape index (κ2) is 5.98. The maximum atomic E-state index is 12.9. The molecule has 0 spiro atoms. The van der Waals surface area contributed by atoms with Crippen LogP contribution in [0.3, 0.4) is 0 Å². The first-order valence-electron chi connectivity index (χ1n) is 7.29. The Balaban J connectivity index is 0.00000133. The lowest BCUT2D eigenvalue weighted by Crippen LogP contribution is -2.49. The van der Waals surface area contributed by atoms with Crippen LogP contribution < -0.4 is 5.32 Å². The normalized spacial score (nSPS) is 37.8. The van der Waals surface area contributed by atoms with E-state index in [1.54, 1.807) is 7.11 Å². The first kappa shape index (κ1) is 15.1. The van der Waals surface area contributed by atoms with Crippen LogP contribution in [0.25, 0.3) is 0 Å². The number of carbonyl (C=O) groups excluding carboxylic acids is 1. The Morgan fingerprint density at radius 3 is 2.95 bits per heavy atom. The van der Waals surface area contributed by atoms with Gasteiger partial charge in [0.25, 0.3) is 0 Å². The molecule has 3 rings (SSSR count). The van der Waals surface area contributed by atoms with Gasteiger partial charge in [0, 0.05) is 26.7 Å². The summed E-state index contributed by atoms with van der Waals surface area (Å²) in [6.07, 6.45) is 6.06. The zero-order valence-electron chi connectivity index (χ0n) is 11.7. The van der Waals surface area contributed by atoms with Crippen LogP contribution in [0, 0.1) is 11.3 Å². The summed E-state index contributed by atoms with van der Waals surface area (Å²) in [5.41, 5.74) is -0.0825. The first-order chi connectivity index (χ1) is 8.76. The average molecular weight is 289 g/mol. The van der Waals surface area contributed by atoms with Crippen LogP contribution in [0.1, 0.15) is 32.1 Å². The lowest BCUT2D eigenvalue weighted by molar-refractivity contribution is -0.144. The first-order valence-corrected chi connectivity index (χ1v) is 7.29. The van der Waals surface area contributed by atoms with Crippen molar-refractivity contribution in [3.8, 4) is 0 Å². The highest BCUT2D eigenvalue weighted by atomic mass is 35.5. The average Bonchev–Trinajstić information content (AvgIpc) is 3.05. The SMILES string of the molecule is CO[C@@H]1CCN(C(=O)[C@@]23CCCC[C@H]2CNC3)C1.Cl. The fraction of sp³-hybridized carbons (Fsp3) is 0.929. The van der Waals surface area contributed by atoms with Crippen molar-refractivity contribution < 1.29 is 9.53 Å². The lowest BCUT2D eigenvalue weighted by atomic mass is 9.67. The molecule has 0 radical (unpaired) electrons. The summed E-state index contributed by atoms with van der Waals surface area (Å²) in [7, 11) is 1.75. The van der Waals surface area contributed by atoms with Crippen molar-refractivity contribution in [3.63, 3.8) is 0 Å². The van der Waals surface area contributed by atoms with Crippen molar-refractivity contribution in [1.29, 1.82) is 0 Å². The molecule has 2 saturated heterocycles. The third kappa shape index (κ3) is 2.50. The molecule has 0 aromatic carbocycles. The van der Waals surface area contributed by atoms with Gasteiger partial charge in [0.15, 0.2) is 0 Å². The number of nitrogens with zero attached hydrogens (tertiary/aromatic N) is 1. The largest absolute Gasteiger partial charge is 0.380 e. The van der Waals surface area contributed by atoms with Gasteiger partial charge >= 0.3 is 0 Å². The molecule has 0 bridgehead atoms. The van der Waals surface area contributed by atoms with Crippen molar-refractivity contribution in [3.05, 3.63) is 0 Å². The highest BCUT2D eigenvalue weighted by molar-refractivity contribution is 5.85. The molecule has 3 atom stereocenters. The monoisotopic (exact) mass is 288 g/mol. The maximum Gasteiger partial charge on any atom is 0.230 e. The number of carbonyl (C=O) groups is 1. The molecule has 1 amide bonds. The van der Waals surface area contributed by atoms with Gasteiger partial charge in [-0.25, -0.2) is 0 Å². The van der Waals surface area contributed by atoms with Gasteiger partial charge in [-0.3, -0.25) is 4.79 Å². The number of rotatable bonds is 2. The summed E-state index contributed by atoms with van der Waals surface area (Å²) in [6.45, 7) is 3.60. The number of ether oxygens (including phenoxy) is 1. The summed E-state index contributed by atoms with van der Waals surface area (Å²) in [4.78, 5) is 15.0. The smallest absolute Gasteiger partial charge is 0.230 e. The molecule has 1 N–H and O–H groups in total. The van der Waals surface area contributed by atoms with E-state index in [0.29, 0.717) is 11.8 Å². The molecular weight excluding hydrogens is 264 g/mol. The minimum atomic E-state index is -0.0825. The predicted octanol–water partition coefficient (Wildman–Crippen LogP) is 1.44. The Bertz CT molecular complexity index is 339. The summed E-state index contributed by atoms with van der Waals surface area (Å²) in [5.74, 6) is 0.970. The third-order valence-corrected chi connectivity index (χ3v) is 5.23. The number of hydrogen-bond donors (Lipinski definition) is 1. The third-order valence-electron chi connectivity index (χ3n) is 5.23. The van der Waals surface area contributed by atoms with Crippen LogP contribution >= 0.6 is 12.4 Å². The van der Waals surface area contributed by atoms with E-state index in [1.807, 2.05) is 0 Å². The Morgan fingerprint density at radius 2 is 2.21 bits per heavy atom. The van der Waals surface area contributed by atoms with Crippen molar-refractivity contribution in [2.24, 2.45) is 11.3 Å². The highest BCUT2D eigenvalue weighted by Gasteiger charge is 2.52. The van der Waals surface area contributed by atoms with Crippen molar-refractivity contribution in [1.82, 2.24) is 10.2 Å². The summed E-state index contributed by atoms with van der Waals surface area (Å²) in [5, 5.41) is 3.46. The van der Waals surface area contributed by atoms with Crippen LogP contribution in [-0.2, 0) is 9.53 Å². The molecule has 0 aromatic rings. The minimum absolute atomic E-state index is 0. The number of fused-ring (bicyclic) bond motifs is 1. The molecule has 1 aliphatic carbocycles. The molecule has 110 valence electrons. The zero-order chi connectivity index (χ0) is 12.6. The number of halogens is 1. The molecular formula is C14H25ClN2O2. The second-order valence-corrected chi connectivity index (χ2v) is 6.13. The van der Waals surface area contributed by atoms with Crippen LogP contribution in [0.5, 0.6) is 0 Å². The predicted molar refractivity (Wildman–Crippen MR) is 76.5 cm³/mol. The van der Waals surface area contributed by atoms with Gasteiger partial charge in [-0.2, -0.15) is 0 Å². The van der Waals surface area contributed by atoms with E-state index in [4.69, 9.17) is 4.74 Å². The molecule has 2 heterocycles. The molecule has 0 unspecified atom stereocenters. The standard InChI is InChI=1S/C14H24N2O2.ClH/c1-18-12-5-7-16(9-12)13(17)14-6-3-2-4-11(14)8-15-10-14;/h11-12,15H,2-10H2,1H3;1H/t11-,12+,14+;/m0./s1. The van der Waals surface area contributed by atoms with Gasteiger partial charge in [-0.05, 0) is 31.7 Å². The second-order valence-electron chi connectivity index (χ2n) is 6.13. The molecule has 4 nitrogen and oxygen atoms in total. The van der Waals surface area contributed by atoms with E-state index in [1.165, 1.54) is 19.3 Å². The van der Waals surface area contributed by atoms with E-state index in [9.17, 15) is 4.79 Å². The van der Waals surface area contributed by atoms with Crippen LogP contribution in [0.4, 0.5) is 0 Å². The highest BCUT2D eigenvalue weighted by Crippen LogP contribution is 2.45. The summed E-state index contributed by atoms with van der Waals surface area (Å²) in [6, 6.07) is 0. The van der Waals surface area contributed by atoms with Crippen molar-refractivity contribution in [2.75, 3.05) is 33.3 Å². The van der Waals surface area contributed by atoms with Crippen LogP contribution in [0.15, 0.2) is 0 Å². The Hall–Kier alpha value is -0.320. The van der Waals surface area contributed by atoms with Gasteiger partial charge < -0.3 is 15.0 Å².